The van der Waals surface area contributed by atoms with Crippen LogP contribution in [0.4, 0.5) is 5.82 Å². The number of rotatable bonds is 6. The first-order chi connectivity index (χ1) is 15.4. The Labute approximate surface area is 186 Å². The van der Waals surface area contributed by atoms with Crippen LogP contribution < -0.4 is 5.73 Å². The first-order valence-corrected chi connectivity index (χ1v) is 11.4. The third kappa shape index (κ3) is 3.17. The summed E-state index contributed by atoms with van der Waals surface area (Å²) in [6, 6.07) is 4.11. The van der Waals surface area contributed by atoms with E-state index in [0.717, 1.165) is 11.1 Å². The lowest BCUT2D eigenvalue weighted by Crippen LogP contribution is -2.63. The molecule has 0 bridgehead atoms. The van der Waals surface area contributed by atoms with Gasteiger partial charge in [0.25, 0.3) is 0 Å². The molecule has 1 saturated heterocycles. The van der Waals surface area contributed by atoms with Crippen LogP contribution in [0.1, 0.15) is 13.3 Å². The molecule has 1 aliphatic rings. The Bertz CT molecular complexity index is 1370. The van der Waals surface area contributed by atoms with E-state index in [0.29, 0.717) is 41.6 Å². The molecule has 0 saturated carbocycles. The van der Waals surface area contributed by atoms with Crippen LogP contribution in [-0.4, -0.2) is 61.5 Å². The first-order valence-electron chi connectivity index (χ1n) is 10.1. The zero-order valence-corrected chi connectivity index (χ0v) is 18.5. The second-order valence-electron chi connectivity index (χ2n) is 7.88. The predicted molar refractivity (Wildman–Crippen MR) is 119 cm³/mol. The average molecular weight is 451 g/mol. The minimum Gasteiger partial charge on any atom is -0.382 e. The highest BCUT2D eigenvalue weighted by atomic mass is 32.2. The van der Waals surface area contributed by atoms with Crippen molar-refractivity contribution in [3.05, 3.63) is 37.1 Å². The van der Waals surface area contributed by atoms with E-state index in [2.05, 4.69) is 21.4 Å². The summed E-state index contributed by atoms with van der Waals surface area (Å²) in [6.07, 6.45) is 9.25. The van der Waals surface area contributed by atoms with Crippen molar-refractivity contribution in [3.63, 3.8) is 0 Å². The SMILES string of the molecule is CCS(=O)N1CC(CC#N)(n2cc(-c3nc(-c4cnn(C)c4)cn4nccc34)c(N)n2)C1. The average Bonchev–Trinajstić information content (AvgIpc) is 3.48. The molecule has 1 aliphatic heterocycles. The van der Waals surface area contributed by atoms with Gasteiger partial charge in [0.2, 0.25) is 0 Å². The molecular formula is C20H22N10OS. The minimum atomic E-state index is -1.06. The molecule has 0 amide bonds. The molecule has 1 fully saturated rings. The zero-order chi connectivity index (χ0) is 22.5. The van der Waals surface area contributed by atoms with Crippen LogP contribution in [0.3, 0.4) is 0 Å². The number of nitrogens with zero attached hydrogens (tertiary/aromatic N) is 9. The summed E-state index contributed by atoms with van der Waals surface area (Å²) in [5.74, 6) is 0.857. The third-order valence-electron chi connectivity index (χ3n) is 5.76. The van der Waals surface area contributed by atoms with Crippen molar-refractivity contribution in [2.24, 2.45) is 7.05 Å². The van der Waals surface area contributed by atoms with Crippen molar-refractivity contribution >= 4 is 22.3 Å². The van der Waals surface area contributed by atoms with Crippen LogP contribution >= 0.6 is 0 Å². The molecule has 12 heteroatoms. The molecule has 4 aromatic rings. The number of nitrogens with two attached hydrogens (primary N) is 1. The van der Waals surface area contributed by atoms with Gasteiger partial charge < -0.3 is 5.73 Å². The summed E-state index contributed by atoms with van der Waals surface area (Å²) in [7, 11) is 0.789. The van der Waals surface area contributed by atoms with Gasteiger partial charge in [-0.1, -0.05) is 6.92 Å². The first kappa shape index (κ1) is 20.3. The molecule has 1 unspecified atom stereocenters. The lowest BCUT2D eigenvalue weighted by atomic mass is 9.89. The Morgan fingerprint density at radius 2 is 2.09 bits per heavy atom. The Kier molecular flexibility index (Phi) is 4.79. The van der Waals surface area contributed by atoms with Crippen molar-refractivity contribution in [2.75, 3.05) is 24.6 Å². The van der Waals surface area contributed by atoms with Gasteiger partial charge in [-0.25, -0.2) is 18.0 Å². The topological polar surface area (TPSA) is 136 Å². The molecule has 5 rings (SSSR count). The van der Waals surface area contributed by atoms with Gasteiger partial charge >= 0.3 is 0 Å². The maximum atomic E-state index is 12.2. The number of hydrogen-bond donors (Lipinski definition) is 1. The third-order valence-corrected chi connectivity index (χ3v) is 7.09. The maximum Gasteiger partial charge on any atom is 0.155 e. The van der Waals surface area contributed by atoms with Crippen LogP contribution in [0.15, 0.2) is 37.1 Å². The Morgan fingerprint density at radius 1 is 1.28 bits per heavy atom. The second kappa shape index (κ2) is 7.54. The molecule has 164 valence electrons. The highest BCUT2D eigenvalue weighted by molar-refractivity contribution is 7.82. The van der Waals surface area contributed by atoms with Crippen LogP contribution in [0.25, 0.3) is 28.0 Å². The van der Waals surface area contributed by atoms with Crippen LogP contribution in [-0.2, 0) is 23.6 Å². The molecule has 32 heavy (non-hydrogen) atoms. The van der Waals surface area contributed by atoms with E-state index >= 15 is 0 Å². The van der Waals surface area contributed by atoms with Crippen molar-refractivity contribution in [1.29, 1.82) is 5.26 Å². The van der Waals surface area contributed by atoms with Crippen molar-refractivity contribution in [3.8, 4) is 28.6 Å². The molecule has 2 N–H and O–H groups in total. The van der Waals surface area contributed by atoms with Crippen LogP contribution in [0.2, 0.25) is 0 Å². The molecule has 4 aromatic heterocycles. The van der Waals surface area contributed by atoms with Gasteiger partial charge in [-0.3, -0.25) is 9.36 Å². The Balaban J connectivity index is 1.59. The molecule has 11 nitrogen and oxygen atoms in total. The lowest BCUT2D eigenvalue weighted by Gasteiger charge is -2.47. The van der Waals surface area contributed by atoms with Crippen LogP contribution in [0, 0.1) is 11.3 Å². The van der Waals surface area contributed by atoms with E-state index in [1.54, 1.807) is 26.3 Å². The predicted octanol–water partition coefficient (Wildman–Crippen LogP) is 1.18. The molecule has 0 aliphatic carbocycles. The highest BCUT2D eigenvalue weighted by Crippen LogP contribution is 2.37. The summed E-state index contributed by atoms with van der Waals surface area (Å²) in [4.78, 5) is 4.86. The summed E-state index contributed by atoms with van der Waals surface area (Å²) < 4.78 is 19.2. The molecule has 1 atom stereocenters. The minimum absolute atomic E-state index is 0.246. The normalized spacial score (nSPS) is 16.7. The van der Waals surface area contributed by atoms with Gasteiger partial charge in [0.15, 0.2) is 5.82 Å². The number of nitriles is 1. The highest BCUT2D eigenvalue weighted by Gasteiger charge is 2.47. The fourth-order valence-electron chi connectivity index (χ4n) is 4.05. The molecular weight excluding hydrogens is 428 g/mol. The van der Waals surface area contributed by atoms with E-state index < -0.39 is 16.5 Å². The van der Waals surface area contributed by atoms with E-state index in [9.17, 15) is 9.47 Å². The number of anilines is 1. The van der Waals surface area contributed by atoms with Crippen molar-refractivity contribution < 1.29 is 4.21 Å². The molecule has 0 aromatic carbocycles. The van der Waals surface area contributed by atoms with E-state index in [1.165, 1.54) is 0 Å². The summed E-state index contributed by atoms with van der Waals surface area (Å²) in [6.45, 7) is 2.84. The number of fused-ring (bicyclic) bond motifs is 1. The number of nitrogen functional groups attached to an aromatic ring is 1. The summed E-state index contributed by atoms with van der Waals surface area (Å²) >= 11 is 0. The summed E-state index contributed by atoms with van der Waals surface area (Å²) in [5.41, 5.74) is 9.44. The molecule has 0 spiro atoms. The Morgan fingerprint density at radius 3 is 2.78 bits per heavy atom. The van der Waals surface area contributed by atoms with Gasteiger partial charge in [-0.05, 0) is 6.07 Å². The van der Waals surface area contributed by atoms with Crippen LogP contribution in [0.5, 0.6) is 0 Å². The van der Waals surface area contributed by atoms with Crippen molar-refractivity contribution in [1.82, 2.24) is 38.5 Å². The van der Waals surface area contributed by atoms with E-state index in [-0.39, 0.29) is 6.42 Å². The number of aryl methyl sites for hydroxylation is 1. The second-order valence-corrected chi connectivity index (χ2v) is 9.62. The van der Waals surface area contributed by atoms with Gasteiger partial charge in [0, 0.05) is 43.8 Å². The lowest BCUT2D eigenvalue weighted by molar-refractivity contribution is 0.0768. The monoisotopic (exact) mass is 450 g/mol. The number of aromatic nitrogens is 7. The van der Waals surface area contributed by atoms with E-state index in [4.69, 9.17) is 10.7 Å². The van der Waals surface area contributed by atoms with Crippen molar-refractivity contribution in [2.45, 2.75) is 18.9 Å². The number of hydrogen-bond acceptors (Lipinski definition) is 7. The van der Waals surface area contributed by atoms with Gasteiger partial charge in [0.05, 0.1) is 58.8 Å². The van der Waals surface area contributed by atoms with E-state index in [1.807, 2.05) is 42.9 Å². The Hall–Kier alpha value is -3.56. The smallest absolute Gasteiger partial charge is 0.155 e. The van der Waals surface area contributed by atoms with Gasteiger partial charge in [-0.2, -0.15) is 20.6 Å². The fourth-order valence-corrected chi connectivity index (χ4v) is 5.19. The molecule has 5 heterocycles. The largest absolute Gasteiger partial charge is 0.382 e. The van der Waals surface area contributed by atoms with Gasteiger partial charge in [0.1, 0.15) is 11.2 Å². The fraction of sp³-hybridized carbons (Fsp3) is 0.350. The summed E-state index contributed by atoms with van der Waals surface area (Å²) in [5, 5.41) is 22.6. The standard InChI is InChI=1S/C20H22N10OS/c1-3-32(31)28-12-20(13-28,5-6-21)30-10-15(19(22)26-30)18-17-4-7-23-29(17)11-16(25-18)14-8-24-27(2)9-14/h4,7-11H,3,5,12-13H2,1-2H3,(H2,22,26). The zero-order valence-electron chi connectivity index (χ0n) is 17.7. The van der Waals surface area contributed by atoms with Gasteiger partial charge in [-0.15, -0.1) is 0 Å². The quantitative estimate of drug-likeness (QED) is 0.466. The maximum absolute atomic E-state index is 12.2. The molecule has 0 radical (unpaired) electrons.